The first kappa shape index (κ1) is 14.4. The molecule has 2 aromatic rings. The molecular formula is C12H18N2O3S2. The van der Waals surface area contributed by atoms with Gasteiger partial charge in [0, 0.05) is 10.9 Å². The molecule has 0 saturated heterocycles. The SMILES string of the molecule is CCCCc1ccc(S(O)(O)Nc2cc(C)on2)s1. The van der Waals surface area contributed by atoms with Crippen molar-refractivity contribution in [3.05, 3.63) is 28.8 Å². The van der Waals surface area contributed by atoms with E-state index < -0.39 is 10.8 Å². The second-order valence-corrected chi connectivity index (χ2v) is 7.47. The third-order valence-corrected chi connectivity index (χ3v) is 5.65. The molecule has 0 fully saturated rings. The largest absolute Gasteiger partial charge is 0.360 e. The first-order valence-electron chi connectivity index (χ1n) is 6.09. The zero-order valence-electron chi connectivity index (χ0n) is 10.9. The van der Waals surface area contributed by atoms with Gasteiger partial charge in [0.2, 0.25) is 0 Å². The molecule has 2 rings (SSSR count). The van der Waals surface area contributed by atoms with Gasteiger partial charge < -0.3 is 4.52 Å². The van der Waals surface area contributed by atoms with E-state index in [1.165, 1.54) is 11.3 Å². The molecule has 0 amide bonds. The maximum absolute atomic E-state index is 10.1. The fourth-order valence-electron chi connectivity index (χ4n) is 1.61. The van der Waals surface area contributed by atoms with Gasteiger partial charge in [0.1, 0.15) is 9.97 Å². The number of anilines is 1. The highest BCUT2D eigenvalue weighted by Gasteiger charge is 2.19. The molecule has 0 radical (unpaired) electrons. The van der Waals surface area contributed by atoms with Crippen molar-refractivity contribution in [3.63, 3.8) is 0 Å². The minimum atomic E-state index is -3.06. The molecule has 0 bridgehead atoms. The van der Waals surface area contributed by atoms with Crippen LogP contribution in [0.15, 0.2) is 26.9 Å². The van der Waals surface area contributed by atoms with Gasteiger partial charge in [-0.3, -0.25) is 13.8 Å². The molecule has 0 aliphatic carbocycles. The van der Waals surface area contributed by atoms with Crippen molar-refractivity contribution >= 4 is 27.9 Å². The minimum Gasteiger partial charge on any atom is -0.360 e. The van der Waals surface area contributed by atoms with E-state index in [4.69, 9.17) is 4.52 Å². The highest BCUT2D eigenvalue weighted by molar-refractivity contribution is 8.26. The molecular weight excluding hydrogens is 284 g/mol. The highest BCUT2D eigenvalue weighted by atomic mass is 32.3. The Morgan fingerprint density at radius 2 is 2.21 bits per heavy atom. The van der Waals surface area contributed by atoms with Crippen LogP contribution in [-0.4, -0.2) is 14.3 Å². The topological polar surface area (TPSA) is 78.5 Å². The Morgan fingerprint density at radius 1 is 1.42 bits per heavy atom. The number of nitrogens with one attached hydrogen (secondary N) is 1. The van der Waals surface area contributed by atoms with Crippen LogP contribution in [0, 0.1) is 6.92 Å². The summed E-state index contributed by atoms with van der Waals surface area (Å²) in [6, 6.07) is 5.32. The van der Waals surface area contributed by atoms with Gasteiger partial charge in [-0.15, -0.1) is 11.3 Å². The summed E-state index contributed by atoms with van der Waals surface area (Å²) in [5.74, 6) is 0.952. The van der Waals surface area contributed by atoms with Crippen molar-refractivity contribution in [1.82, 2.24) is 5.16 Å². The van der Waals surface area contributed by atoms with Gasteiger partial charge in [-0.1, -0.05) is 29.3 Å². The fraction of sp³-hybridized carbons (Fsp3) is 0.417. The molecule has 0 unspecified atom stereocenters. The molecule has 0 spiro atoms. The zero-order chi connectivity index (χ0) is 13.9. The quantitative estimate of drug-likeness (QED) is 0.731. The number of aryl methyl sites for hydroxylation is 2. The third-order valence-electron chi connectivity index (χ3n) is 2.57. The Labute approximate surface area is 118 Å². The van der Waals surface area contributed by atoms with Crippen LogP contribution in [0.1, 0.15) is 30.4 Å². The molecule has 0 saturated carbocycles. The monoisotopic (exact) mass is 302 g/mol. The van der Waals surface area contributed by atoms with Gasteiger partial charge in [-0.25, -0.2) is 0 Å². The summed E-state index contributed by atoms with van der Waals surface area (Å²) >= 11 is 1.42. The van der Waals surface area contributed by atoms with Gasteiger partial charge in [-0.2, -0.15) is 0 Å². The molecule has 0 atom stereocenters. The van der Waals surface area contributed by atoms with Gasteiger partial charge in [-0.05, 0) is 31.9 Å². The number of hydrogen-bond donors (Lipinski definition) is 3. The van der Waals surface area contributed by atoms with Crippen molar-refractivity contribution in [2.45, 2.75) is 37.3 Å². The third kappa shape index (κ3) is 3.73. The van der Waals surface area contributed by atoms with E-state index in [1.54, 1.807) is 19.1 Å². The van der Waals surface area contributed by atoms with Crippen molar-refractivity contribution < 1.29 is 13.6 Å². The molecule has 0 aromatic carbocycles. The summed E-state index contributed by atoms with van der Waals surface area (Å²) in [5.41, 5.74) is 0. The first-order chi connectivity index (χ1) is 9.01. The van der Waals surface area contributed by atoms with Gasteiger partial charge in [0.15, 0.2) is 5.82 Å². The lowest BCUT2D eigenvalue weighted by Gasteiger charge is -2.30. The standard InChI is InChI=1S/C12H18N2O3S2/c1-3-4-5-10-6-7-12(18-10)19(15,16)14-11-8-9(2)17-13-11/h6-8,15-16H,3-5H2,1-2H3,(H,13,14). The van der Waals surface area contributed by atoms with Crippen LogP contribution in [0.25, 0.3) is 0 Å². The van der Waals surface area contributed by atoms with Crippen molar-refractivity contribution in [1.29, 1.82) is 0 Å². The number of thiophene rings is 1. The van der Waals surface area contributed by atoms with E-state index in [1.807, 2.05) is 6.07 Å². The summed E-state index contributed by atoms with van der Waals surface area (Å²) < 4.78 is 28.3. The van der Waals surface area contributed by atoms with Crippen molar-refractivity contribution in [3.8, 4) is 0 Å². The average molecular weight is 302 g/mol. The number of hydrogen-bond acceptors (Lipinski definition) is 6. The fourth-order valence-corrected chi connectivity index (χ4v) is 4.04. The molecule has 5 nitrogen and oxygen atoms in total. The van der Waals surface area contributed by atoms with Crippen LogP contribution in [-0.2, 0) is 6.42 Å². The molecule has 0 aliphatic rings. The van der Waals surface area contributed by atoms with E-state index in [0.717, 1.165) is 24.1 Å². The number of unbranched alkanes of at least 4 members (excludes halogenated alkanes) is 1. The predicted octanol–water partition coefficient (Wildman–Crippen LogP) is 4.52. The summed E-state index contributed by atoms with van der Waals surface area (Å²) in [6.07, 6.45) is 3.20. The van der Waals surface area contributed by atoms with Crippen LogP contribution >= 0.6 is 22.1 Å². The summed E-state index contributed by atoms with van der Waals surface area (Å²) in [5, 5.41) is 3.70. The normalized spacial score (nSPS) is 12.6. The van der Waals surface area contributed by atoms with Crippen LogP contribution < -0.4 is 4.72 Å². The molecule has 19 heavy (non-hydrogen) atoms. The van der Waals surface area contributed by atoms with Gasteiger partial charge in [0.25, 0.3) is 0 Å². The average Bonchev–Trinajstić information content (AvgIpc) is 2.95. The van der Waals surface area contributed by atoms with E-state index in [2.05, 4.69) is 16.8 Å². The summed E-state index contributed by atoms with van der Waals surface area (Å²) in [4.78, 5) is 1.16. The Balaban J connectivity index is 2.07. The van der Waals surface area contributed by atoms with Gasteiger partial charge in [0.05, 0.1) is 0 Å². The maximum Gasteiger partial charge on any atom is 0.188 e. The molecule has 0 aliphatic heterocycles. The molecule has 2 aromatic heterocycles. The second kappa shape index (κ2) is 5.96. The van der Waals surface area contributed by atoms with Crippen molar-refractivity contribution in [2.75, 3.05) is 4.72 Å². The van der Waals surface area contributed by atoms with Crippen LogP contribution in [0.3, 0.4) is 0 Å². The molecule has 2 heterocycles. The Morgan fingerprint density at radius 3 is 2.84 bits per heavy atom. The molecule has 106 valence electrons. The maximum atomic E-state index is 10.1. The Hall–Kier alpha value is -1.02. The number of aromatic nitrogens is 1. The Bertz CT molecular complexity index is 537. The van der Waals surface area contributed by atoms with Crippen LogP contribution in [0.5, 0.6) is 0 Å². The van der Waals surface area contributed by atoms with E-state index in [9.17, 15) is 9.11 Å². The first-order valence-corrected chi connectivity index (χ1v) is 8.45. The lowest BCUT2D eigenvalue weighted by Crippen LogP contribution is -2.08. The summed E-state index contributed by atoms with van der Waals surface area (Å²) in [7, 11) is -3.06. The molecule has 7 heteroatoms. The summed E-state index contributed by atoms with van der Waals surface area (Å²) in [6.45, 7) is 3.88. The van der Waals surface area contributed by atoms with E-state index in [-0.39, 0.29) is 0 Å². The van der Waals surface area contributed by atoms with Crippen LogP contribution in [0.2, 0.25) is 0 Å². The Kier molecular flexibility index (Phi) is 4.51. The second-order valence-electron chi connectivity index (χ2n) is 4.30. The number of rotatable bonds is 6. The highest BCUT2D eigenvalue weighted by Crippen LogP contribution is 2.50. The number of nitrogens with zero attached hydrogens (tertiary/aromatic N) is 1. The van der Waals surface area contributed by atoms with E-state index >= 15 is 0 Å². The lowest BCUT2D eigenvalue weighted by atomic mass is 10.2. The predicted molar refractivity (Wildman–Crippen MR) is 78.9 cm³/mol. The smallest absolute Gasteiger partial charge is 0.188 e. The van der Waals surface area contributed by atoms with Gasteiger partial charge >= 0.3 is 0 Å². The van der Waals surface area contributed by atoms with E-state index in [0.29, 0.717) is 15.8 Å². The minimum absolute atomic E-state index is 0.334. The van der Waals surface area contributed by atoms with Crippen molar-refractivity contribution in [2.24, 2.45) is 0 Å². The zero-order valence-corrected chi connectivity index (χ0v) is 12.6. The van der Waals surface area contributed by atoms with Crippen LogP contribution in [0.4, 0.5) is 5.82 Å². The molecule has 3 N–H and O–H groups in total. The lowest BCUT2D eigenvalue weighted by molar-refractivity contribution is 0.400.